The summed E-state index contributed by atoms with van der Waals surface area (Å²) in [5.41, 5.74) is 0. The Hall–Kier alpha value is -0.700. The smallest absolute Gasteiger partial charge is 0.203 e. The molecule has 0 N–H and O–H groups in total. The minimum Gasteiger partial charge on any atom is -0.299 e. The Morgan fingerprint density at radius 2 is 1.82 bits per heavy atom. The number of hydrogen-bond acceptors (Lipinski definition) is 3. The number of ketones is 2. The van der Waals surface area contributed by atoms with E-state index in [9.17, 15) is 9.59 Å². The SMILES string of the molecule is CN1C2CCCCC2CC2C(=O)C(=O)CCC21. The van der Waals surface area contributed by atoms with Crippen LogP contribution < -0.4 is 0 Å². The fraction of sp³-hybridized carbons (Fsp3) is 0.857. The summed E-state index contributed by atoms with van der Waals surface area (Å²) in [6.07, 6.45) is 7.51. The van der Waals surface area contributed by atoms with Gasteiger partial charge in [-0.3, -0.25) is 14.5 Å². The predicted octanol–water partition coefficient (Wildman–Crippen LogP) is 1.80. The maximum Gasteiger partial charge on any atom is 0.203 e. The fourth-order valence-electron chi connectivity index (χ4n) is 4.31. The first-order valence-electron chi connectivity index (χ1n) is 6.97. The van der Waals surface area contributed by atoms with Gasteiger partial charge >= 0.3 is 0 Å². The van der Waals surface area contributed by atoms with Crippen LogP contribution in [0, 0.1) is 11.8 Å². The molecule has 0 spiro atoms. The van der Waals surface area contributed by atoms with Crippen LogP contribution in [0.15, 0.2) is 0 Å². The van der Waals surface area contributed by atoms with Crippen molar-refractivity contribution in [3.05, 3.63) is 0 Å². The fourth-order valence-corrected chi connectivity index (χ4v) is 4.31. The molecule has 1 heterocycles. The molecule has 0 radical (unpaired) electrons. The zero-order chi connectivity index (χ0) is 12.0. The first-order valence-corrected chi connectivity index (χ1v) is 6.97. The Labute approximate surface area is 103 Å². The predicted molar refractivity (Wildman–Crippen MR) is 64.7 cm³/mol. The molecule has 3 heteroatoms. The Bertz CT molecular complexity index is 352. The van der Waals surface area contributed by atoms with Gasteiger partial charge < -0.3 is 0 Å². The van der Waals surface area contributed by atoms with Crippen molar-refractivity contribution in [2.24, 2.45) is 11.8 Å². The zero-order valence-corrected chi connectivity index (χ0v) is 10.5. The highest BCUT2D eigenvalue weighted by Crippen LogP contribution is 2.42. The summed E-state index contributed by atoms with van der Waals surface area (Å²) in [4.78, 5) is 26.0. The monoisotopic (exact) mass is 235 g/mol. The summed E-state index contributed by atoms with van der Waals surface area (Å²) in [7, 11) is 2.17. The number of carbonyl (C=O) groups excluding carboxylic acids is 2. The van der Waals surface area contributed by atoms with Crippen LogP contribution in [0.25, 0.3) is 0 Å². The lowest BCUT2D eigenvalue weighted by atomic mass is 9.67. The molecular weight excluding hydrogens is 214 g/mol. The molecular formula is C14H21NO2. The lowest BCUT2D eigenvalue weighted by molar-refractivity contribution is -0.147. The van der Waals surface area contributed by atoms with Gasteiger partial charge in [0.25, 0.3) is 0 Å². The van der Waals surface area contributed by atoms with E-state index in [1.165, 1.54) is 25.7 Å². The molecule has 94 valence electrons. The lowest BCUT2D eigenvalue weighted by Crippen LogP contribution is -2.58. The van der Waals surface area contributed by atoms with E-state index in [0.29, 0.717) is 24.4 Å². The molecule has 1 saturated heterocycles. The van der Waals surface area contributed by atoms with Crippen LogP contribution >= 0.6 is 0 Å². The molecule has 4 atom stereocenters. The van der Waals surface area contributed by atoms with Crippen molar-refractivity contribution in [3.8, 4) is 0 Å². The van der Waals surface area contributed by atoms with Crippen molar-refractivity contribution in [2.45, 2.75) is 57.0 Å². The van der Waals surface area contributed by atoms with E-state index in [1.807, 2.05) is 0 Å². The van der Waals surface area contributed by atoms with Gasteiger partial charge in [-0.05, 0) is 38.6 Å². The van der Waals surface area contributed by atoms with Crippen molar-refractivity contribution < 1.29 is 9.59 Å². The van der Waals surface area contributed by atoms with E-state index in [1.54, 1.807) is 0 Å². The third-order valence-corrected chi connectivity index (χ3v) is 5.22. The number of likely N-dealkylation sites (tertiary alicyclic amines) is 1. The summed E-state index contributed by atoms with van der Waals surface area (Å²) in [5.74, 6) is 0.483. The molecule has 2 aliphatic carbocycles. The van der Waals surface area contributed by atoms with Crippen LogP contribution in [0.4, 0.5) is 0 Å². The number of nitrogens with zero attached hydrogens (tertiary/aromatic N) is 1. The third-order valence-electron chi connectivity index (χ3n) is 5.22. The van der Waals surface area contributed by atoms with Crippen molar-refractivity contribution in [1.29, 1.82) is 0 Å². The minimum atomic E-state index is -0.117. The number of Topliss-reactive ketones (excluding diaryl/α,β-unsaturated/α-hetero) is 2. The Kier molecular flexibility index (Phi) is 2.81. The van der Waals surface area contributed by atoms with Crippen molar-refractivity contribution in [3.63, 3.8) is 0 Å². The summed E-state index contributed by atoms with van der Waals surface area (Å²) >= 11 is 0. The van der Waals surface area contributed by atoms with E-state index in [-0.39, 0.29) is 17.5 Å². The standard InChI is InChI=1S/C14H21NO2/c1-15-11-5-3-2-4-9(11)8-10-12(15)6-7-13(16)14(10)17/h9-12H,2-8H2,1H3. The average molecular weight is 235 g/mol. The molecule has 0 bridgehead atoms. The van der Waals surface area contributed by atoms with Gasteiger partial charge in [-0.25, -0.2) is 0 Å². The highest BCUT2D eigenvalue weighted by Gasteiger charge is 2.47. The zero-order valence-electron chi connectivity index (χ0n) is 10.5. The van der Waals surface area contributed by atoms with Crippen molar-refractivity contribution in [2.75, 3.05) is 7.05 Å². The summed E-state index contributed by atoms with van der Waals surface area (Å²) in [5, 5.41) is 0. The van der Waals surface area contributed by atoms with Gasteiger partial charge in [-0.1, -0.05) is 12.8 Å². The van der Waals surface area contributed by atoms with Crippen LogP contribution in [0.3, 0.4) is 0 Å². The highest BCUT2D eigenvalue weighted by atomic mass is 16.2. The first kappa shape index (κ1) is 11.4. The molecule has 2 saturated carbocycles. The van der Waals surface area contributed by atoms with Crippen LogP contribution in [0.2, 0.25) is 0 Å². The number of fused-ring (bicyclic) bond motifs is 2. The molecule has 17 heavy (non-hydrogen) atoms. The van der Waals surface area contributed by atoms with Gasteiger partial charge in [-0.2, -0.15) is 0 Å². The highest BCUT2D eigenvalue weighted by molar-refractivity contribution is 6.38. The second-order valence-corrected chi connectivity index (χ2v) is 6.01. The van der Waals surface area contributed by atoms with Crippen molar-refractivity contribution in [1.82, 2.24) is 4.90 Å². The molecule has 0 aromatic carbocycles. The second kappa shape index (κ2) is 4.20. The minimum absolute atomic E-state index is 0.0144. The Morgan fingerprint density at radius 1 is 1.06 bits per heavy atom. The molecule has 3 nitrogen and oxygen atoms in total. The van der Waals surface area contributed by atoms with Gasteiger partial charge in [0.2, 0.25) is 5.78 Å². The van der Waals surface area contributed by atoms with Gasteiger partial charge in [0, 0.05) is 24.4 Å². The van der Waals surface area contributed by atoms with E-state index in [4.69, 9.17) is 0 Å². The molecule has 1 aliphatic heterocycles. The number of piperidine rings is 1. The molecule has 0 aromatic rings. The number of rotatable bonds is 0. The van der Waals surface area contributed by atoms with E-state index in [2.05, 4.69) is 11.9 Å². The summed E-state index contributed by atoms with van der Waals surface area (Å²) < 4.78 is 0. The van der Waals surface area contributed by atoms with Gasteiger partial charge in [0.15, 0.2) is 5.78 Å². The number of hydrogen-bond donors (Lipinski definition) is 0. The molecule has 3 aliphatic rings. The maximum absolute atomic E-state index is 12.0. The van der Waals surface area contributed by atoms with Gasteiger partial charge in [0.05, 0.1) is 0 Å². The Balaban J connectivity index is 1.84. The molecule has 3 fully saturated rings. The van der Waals surface area contributed by atoms with E-state index in [0.717, 1.165) is 12.8 Å². The quantitative estimate of drug-likeness (QED) is 0.601. The number of carbonyl (C=O) groups is 2. The topological polar surface area (TPSA) is 37.4 Å². The van der Waals surface area contributed by atoms with E-state index < -0.39 is 0 Å². The van der Waals surface area contributed by atoms with Gasteiger partial charge in [0.1, 0.15) is 0 Å². The van der Waals surface area contributed by atoms with Gasteiger partial charge in [-0.15, -0.1) is 0 Å². The van der Waals surface area contributed by atoms with Crippen LogP contribution in [-0.4, -0.2) is 35.6 Å². The van der Waals surface area contributed by atoms with Crippen LogP contribution in [0.5, 0.6) is 0 Å². The molecule has 4 unspecified atom stereocenters. The van der Waals surface area contributed by atoms with E-state index >= 15 is 0 Å². The molecule has 0 aromatic heterocycles. The summed E-state index contributed by atoms with van der Waals surface area (Å²) in [6.45, 7) is 0. The maximum atomic E-state index is 12.0. The summed E-state index contributed by atoms with van der Waals surface area (Å²) in [6, 6.07) is 1.02. The second-order valence-electron chi connectivity index (χ2n) is 6.01. The third kappa shape index (κ3) is 1.75. The van der Waals surface area contributed by atoms with Crippen LogP contribution in [0.1, 0.15) is 44.9 Å². The first-order chi connectivity index (χ1) is 8.18. The average Bonchev–Trinajstić information content (AvgIpc) is 2.35. The van der Waals surface area contributed by atoms with Crippen molar-refractivity contribution >= 4 is 11.6 Å². The Morgan fingerprint density at radius 3 is 2.65 bits per heavy atom. The normalized spacial score (nSPS) is 43.1. The molecule has 0 amide bonds. The largest absolute Gasteiger partial charge is 0.299 e. The lowest BCUT2D eigenvalue weighted by Gasteiger charge is -2.51. The van der Waals surface area contributed by atoms with Crippen LogP contribution in [-0.2, 0) is 9.59 Å². The molecule has 3 rings (SSSR count).